The average molecular weight is 775 g/mol. The number of aryl methyl sites for hydroxylation is 1. The second-order valence-electron chi connectivity index (χ2n) is 13.6. The van der Waals surface area contributed by atoms with Crippen molar-refractivity contribution >= 4 is 34.9 Å². The normalized spacial score (nSPS) is 24.7. The van der Waals surface area contributed by atoms with E-state index >= 15 is 0 Å². The molecule has 2 amide bonds. The number of urea groups is 1. The monoisotopic (exact) mass is 774 g/mol. The van der Waals surface area contributed by atoms with Crippen molar-refractivity contribution in [2.75, 3.05) is 43.0 Å². The van der Waals surface area contributed by atoms with Gasteiger partial charge in [0.25, 0.3) is 0 Å². The number of ether oxygens (including phenoxy) is 1. The summed E-state index contributed by atoms with van der Waals surface area (Å²) in [6, 6.07) is 8.07. The van der Waals surface area contributed by atoms with Crippen LogP contribution in [0, 0.1) is 0 Å². The number of hydroxylamine groups is 2. The van der Waals surface area contributed by atoms with Gasteiger partial charge < -0.3 is 50.3 Å². The van der Waals surface area contributed by atoms with Gasteiger partial charge >= 0.3 is 18.2 Å². The maximum atomic E-state index is 13.3. The Morgan fingerprint density at radius 1 is 1.16 bits per heavy atom. The number of hydrogen-bond acceptors (Lipinski definition) is 15. The van der Waals surface area contributed by atoms with Crippen LogP contribution in [0.2, 0.25) is 0 Å². The van der Waals surface area contributed by atoms with E-state index in [1.54, 1.807) is 11.0 Å². The van der Waals surface area contributed by atoms with Crippen LogP contribution in [0.25, 0.3) is 11.2 Å². The minimum atomic E-state index is -5.35. The minimum Gasteiger partial charge on any atom is -0.394 e. The first-order chi connectivity index (χ1) is 26.4. The fourth-order valence-corrected chi connectivity index (χ4v) is 6.89. The van der Waals surface area contributed by atoms with E-state index in [0.29, 0.717) is 43.1 Å². The molecule has 6 heterocycles. The Bertz CT molecular complexity index is 1960. The lowest BCUT2D eigenvalue weighted by Gasteiger charge is -2.28. The summed E-state index contributed by atoms with van der Waals surface area (Å²) in [6.45, 7) is 2.57. The summed E-state index contributed by atoms with van der Waals surface area (Å²) in [6.07, 6.45) is -7.61. The topological polar surface area (TPSA) is 225 Å². The largest absolute Gasteiger partial charge is 0.493 e. The van der Waals surface area contributed by atoms with Crippen molar-refractivity contribution in [3.05, 3.63) is 59.7 Å². The molecule has 0 radical (unpaired) electrons. The molecule has 3 saturated heterocycles. The number of amides is 2. The molecule has 3 fully saturated rings. The van der Waals surface area contributed by atoms with Crippen molar-refractivity contribution in [2.24, 2.45) is 0 Å². The highest BCUT2D eigenvalue weighted by Crippen LogP contribution is 2.41. The predicted molar refractivity (Wildman–Crippen MR) is 185 cm³/mol. The number of aliphatic hydroxyl groups is 3. The number of halogens is 3. The van der Waals surface area contributed by atoms with Crippen LogP contribution in [0.3, 0.4) is 0 Å². The molecule has 0 saturated carbocycles. The van der Waals surface area contributed by atoms with Gasteiger partial charge in [0, 0.05) is 31.7 Å². The van der Waals surface area contributed by atoms with E-state index in [1.807, 2.05) is 37.3 Å². The van der Waals surface area contributed by atoms with E-state index in [4.69, 9.17) is 19.2 Å². The number of alkyl halides is 3. The zero-order valence-corrected chi connectivity index (χ0v) is 29.6. The lowest BCUT2D eigenvalue weighted by atomic mass is 10.1. The van der Waals surface area contributed by atoms with Gasteiger partial charge in [0.2, 0.25) is 5.95 Å². The number of fused-ring (bicyclic) bond motifs is 1. The maximum Gasteiger partial charge on any atom is 0.493 e. The molecule has 0 aliphatic carbocycles. The highest BCUT2D eigenvalue weighted by molar-refractivity contribution is 5.85. The third-order valence-electron chi connectivity index (χ3n) is 9.81. The van der Waals surface area contributed by atoms with Crippen molar-refractivity contribution in [3.8, 4) is 0 Å². The van der Waals surface area contributed by atoms with Crippen LogP contribution in [-0.2, 0) is 27.2 Å². The molecular weight excluding hydrogens is 733 g/mol. The minimum absolute atomic E-state index is 0.0468. The van der Waals surface area contributed by atoms with E-state index in [-0.39, 0.29) is 60.8 Å². The Hall–Kier alpha value is -5.09. The number of nitrogens with zero attached hydrogens (tertiary/aromatic N) is 7. The van der Waals surface area contributed by atoms with Gasteiger partial charge in [0.05, 0.1) is 30.7 Å². The first-order valence-corrected chi connectivity index (χ1v) is 17.9. The van der Waals surface area contributed by atoms with Crippen LogP contribution in [-0.4, -0.2) is 126 Å². The Balaban J connectivity index is 1.21. The lowest BCUT2D eigenvalue weighted by Crippen LogP contribution is -2.52. The molecule has 3 aromatic heterocycles. The summed E-state index contributed by atoms with van der Waals surface area (Å²) < 4.78 is 52.9. The second-order valence-corrected chi connectivity index (χ2v) is 13.6. The zero-order valence-electron chi connectivity index (χ0n) is 29.6. The Morgan fingerprint density at radius 2 is 1.96 bits per heavy atom. The van der Waals surface area contributed by atoms with Crippen molar-refractivity contribution < 1.29 is 52.2 Å². The molecule has 3 aliphatic heterocycles. The van der Waals surface area contributed by atoms with Crippen LogP contribution in [0.4, 0.5) is 29.7 Å². The van der Waals surface area contributed by atoms with Gasteiger partial charge in [0.1, 0.15) is 18.3 Å². The molecule has 6 N–H and O–H groups in total. The lowest BCUT2D eigenvalue weighted by molar-refractivity contribution is -0.232. The van der Waals surface area contributed by atoms with Crippen molar-refractivity contribution in [1.82, 2.24) is 40.4 Å². The van der Waals surface area contributed by atoms with E-state index in [9.17, 15) is 38.1 Å². The zero-order chi connectivity index (χ0) is 38.9. The van der Waals surface area contributed by atoms with E-state index in [1.165, 1.54) is 10.9 Å². The molecule has 3 aliphatic rings. The van der Waals surface area contributed by atoms with Gasteiger partial charge in [0.15, 0.2) is 29.0 Å². The number of aliphatic hydroxyl groups excluding tert-OH is 3. The number of rotatable bonds is 11. The number of carbonyl (C=O) groups excluding carboxylic acids is 2. The standard InChI is InChI=1S/C34H41F3N10O8/c1-2-19-13-23(54-44-19)27-25(49)26(50)30(53-27)46-17-39-24-28(40-21(16-48)12-18-6-4-3-5-7-18)42-32(43-29(24)46)45-11-9-22(15-45)47(55-31(51)34(35,36)37)33(52)41-20-8-10-38-14-20/h3-7,13,17,20-22,25-27,30,38,48-50H,2,8-12,14-16H2,1H3,(H,41,52)(H,40,42,43)/t20?,21-,22+,25-,26-,27+,30+/m0/s1. The summed E-state index contributed by atoms with van der Waals surface area (Å²) >= 11 is 0. The molecule has 55 heavy (non-hydrogen) atoms. The van der Waals surface area contributed by atoms with Gasteiger partial charge in [-0.05, 0) is 37.8 Å². The summed E-state index contributed by atoms with van der Waals surface area (Å²) in [4.78, 5) is 45.4. The summed E-state index contributed by atoms with van der Waals surface area (Å²) in [5.41, 5.74) is 1.91. The number of benzene rings is 1. The molecule has 0 spiro atoms. The van der Waals surface area contributed by atoms with Crippen LogP contribution in [0.5, 0.6) is 0 Å². The number of imidazole rings is 1. The molecule has 1 aromatic carbocycles. The van der Waals surface area contributed by atoms with Gasteiger partial charge in [-0.1, -0.05) is 42.4 Å². The Morgan fingerprint density at radius 3 is 2.65 bits per heavy atom. The molecule has 7 rings (SSSR count). The van der Waals surface area contributed by atoms with Crippen molar-refractivity contribution in [1.29, 1.82) is 0 Å². The summed E-state index contributed by atoms with van der Waals surface area (Å²) in [7, 11) is 0. The molecule has 4 aromatic rings. The highest BCUT2D eigenvalue weighted by atomic mass is 19.4. The van der Waals surface area contributed by atoms with E-state index < -0.39 is 54.8 Å². The third kappa shape index (κ3) is 8.15. The number of carbonyl (C=O) groups is 2. The molecule has 18 nitrogen and oxygen atoms in total. The average Bonchev–Trinajstić information content (AvgIpc) is 4.02. The van der Waals surface area contributed by atoms with Gasteiger partial charge in [-0.3, -0.25) is 4.57 Å². The van der Waals surface area contributed by atoms with Gasteiger partial charge in [-0.2, -0.15) is 23.1 Å². The fraction of sp³-hybridized carbons (Fsp3) is 0.529. The van der Waals surface area contributed by atoms with Gasteiger partial charge in [-0.25, -0.2) is 14.6 Å². The van der Waals surface area contributed by atoms with Crippen LogP contribution in [0.1, 0.15) is 49.1 Å². The third-order valence-corrected chi connectivity index (χ3v) is 9.81. The predicted octanol–water partition coefficient (Wildman–Crippen LogP) is 1.36. The highest BCUT2D eigenvalue weighted by Gasteiger charge is 2.48. The number of aromatic nitrogens is 5. The molecule has 7 atom stereocenters. The fourth-order valence-electron chi connectivity index (χ4n) is 6.89. The molecule has 1 unspecified atom stereocenters. The molecule has 296 valence electrons. The van der Waals surface area contributed by atoms with Crippen molar-refractivity contribution in [2.45, 2.75) is 81.4 Å². The van der Waals surface area contributed by atoms with E-state index in [0.717, 1.165) is 5.56 Å². The number of nitrogens with one attached hydrogen (secondary N) is 3. The quantitative estimate of drug-likeness (QED) is 0.118. The second kappa shape index (κ2) is 15.9. The van der Waals surface area contributed by atoms with Crippen LogP contribution in [0.15, 0.2) is 47.2 Å². The molecule has 0 bridgehead atoms. The van der Waals surface area contributed by atoms with Crippen molar-refractivity contribution in [3.63, 3.8) is 0 Å². The number of hydrogen-bond donors (Lipinski definition) is 6. The van der Waals surface area contributed by atoms with Crippen LogP contribution < -0.4 is 20.9 Å². The SMILES string of the molecule is CCc1cc([C@H]2O[C@@H](n3cnc4c(N[C@H](CO)Cc5ccccc5)nc(N5CC[C@@H](N(OC(=O)C(F)(F)F)C(=O)NC6CCNC6)C5)nc43)[C@@H](O)[C@@H]2O)on1. The summed E-state index contributed by atoms with van der Waals surface area (Å²) in [5.74, 6) is -2.10. The first-order valence-electron chi connectivity index (χ1n) is 17.9. The van der Waals surface area contributed by atoms with Gasteiger partial charge in [-0.15, -0.1) is 5.06 Å². The smallest absolute Gasteiger partial charge is 0.394 e. The first kappa shape index (κ1) is 38.2. The maximum absolute atomic E-state index is 13.3. The Labute approximate surface area is 311 Å². The molecule has 21 heteroatoms. The van der Waals surface area contributed by atoms with Crippen LogP contribution >= 0.6 is 0 Å². The summed E-state index contributed by atoms with van der Waals surface area (Å²) in [5, 5.41) is 45.9. The number of anilines is 2. The Kier molecular flexibility index (Phi) is 11.1. The molecular formula is C34H41F3N10O8. The van der Waals surface area contributed by atoms with E-state index in [2.05, 4.69) is 30.9 Å².